The Hall–Kier alpha value is -3.95. The molecule has 0 radical (unpaired) electrons. The number of rotatable bonds is 7. The van der Waals surface area contributed by atoms with Crippen LogP contribution in [0.5, 0.6) is 11.5 Å². The van der Waals surface area contributed by atoms with Crippen LogP contribution in [-0.4, -0.2) is 35.3 Å². The summed E-state index contributed by atoms with van der Waals surface area (Å²) in [6.07, 6.45) is 0. The molecule has 0 bridgehead atoms. The summed E-state index contributed by atoms with van der Waals surface area (Å²) in [6, 6.07) is 10.8. The van der Waals surface area contributed by atoms with Gasteiger partial charge in [0.05, 0.1) is 24.7 Å². The zero-order chi connectivity index (χ0) is 20.1. The lowest BCUT2D eigenvalue weighted by Gasteiger charge is -2.04. The van der Waals surface area contributed by atoms with Gasteiger partial charge in [-0.1, -0.05) is 17.3 Å². The second-order valence-corrected chi connectivity index (χ2v) is 5.46. The lowest BCUT2D eigenvalue weighted by atomic mass is 10.2. The normalized spacial score (nSPS) is 10.4. The number of ether oxygens (including phenoxy) is 3. The van der Waals surface area contributed by atoms with Crippen LogP contribution in [0.1, 0.15) is 16.2 Å². The van der Waals surface area contributed by atoms with E-state index >= 15 is 0 Å². The second kappa shape index (κ2) is 8.16. The van der Waals surface area contributed by atoms with Gasteiger partial charge in [0, 0.05) is 11.6 Å². The molecule has 0 saturated carbocycles. The fourth-order valence-corrected chi connectivity index (χ4v) is 2.36. The van der Waals surface area contributed by atoms with Gasteiger partial charge in [-0.15, -0.1) is 0 Å². The number of carbonyl (C=O) groups excluding carboxylic acids is 1. The number of hydrogen-bond donors (Lipinski definition) is 0. The van der Waals surface area contributed by atoms with Crippen molar-refractivity contribution in [2.75, 3.05) is 14.2 Å². The second-order valence-electron chi connectivity index (χ2n) is 5.46. The Morgan fingerprint density at radius 2 is 2.00 bits per heavy atom. The van der Waals surface area contributed by atoms with Crippen LogP contribution < -0.4 is 9.47 Å². The van der Waals surface area contributed by atoms with Crippen LogP contribution in [-0.2, 0) is 11.3 Å². The van der Waals surface area contributed by atoms with Crippen molar-refractivity contribution in [1.29, 1.82) is 0 Å². The van der Waals surface area contributed by atoms with Gasteiger partial charge in [-0.3, -0.25) is 10.1 Å². The van der Waals surface area contributed by atoms with Crippen LogP contribution in [0, 0.1) is 10.1 Å². The predicted molar refractivity (Wildman–Crippen MR) is 95.1 cm³/mol. The predicted octanol–water partition coefficient (Wildman–Crippen LogP) is 3.02. The van der Waals surface area contributed by atoms with Gasteiger partial charge in [-0.25, -0.2) is 4.79 Å². The minimum atomic E-state index is -0.771. The average Bonchev–Trinajstić information content (AvgIpc) is 3.20. The maximum absolute atomic E-state index is 12.2. The zero-order valence-electron chi connectivity index (χ0n) is 14.9. The van der Waals surface area contributed by atoms with Gasteiger partial charge < -0.3 is 18.7 Å². The van der Waals surface area contributed by atoms with E-state index < -0.39 is 10.9 Å². The van der Waals surface area contributed by atoms with Crippen LogP contribution in [0.15, 0.2) is 47.0 Å². The first kappa shape index (κ1) is 18.8. The highest BCUT2D eigenvalue weighted by atomic mass is 16.6. The maximum Gasteiger partial charge on any atom is 0.338 e. The summed E-state index contributed by atoms with van der Waals surface area (Å²) in [4.78, 5) is 26.7. The Morgan fingerprint density at radius 1 is 1.18 bits per heavy atom. The number of carbonyl (C=O) groups is 1. The highest BCUT2D eigenvalue weighted by Crippen LogP contribution is 2.28. The van der Waals surface area contributed by atoms with Crippen molar-refractivity contribution in [2.24, 2.45) is 0 Å². The third kappa shape index (κ3) is 4.06. The standard InChI is InChI=1S/C18H15N3O7/c1-25-13-5-3-4-11(8-13)17-19-16(28-20-17)10-27-18(22)12-6-7-15(26-2)14(9-12)21(23)24/h3-9H,10H2,1-2H3. The van der Waals surface area contributed by atoms with E-state index in [2.05, 4.69) is 10.1 Å². The molecule has 3 aromatic rings. The Balaban J connectivity index is 1.69. The molecule has 144 valence electrons. The molecule has 0 N–H and O–H groups in total. The number of esters is 1. The number of nitro groups is 1. The van der Waals surface area contributed by atoms with Crippen molar-refractivity contribution in [3.8, 4) is 22.9 Å². The van der Waals surface area contributed by atoms with E-state index in [1.165, 1.54) is 19.2 Å². The molecule has 10 nitrogen and oxygen atoms in total. The number of nitrogens with zero attached hydrogens (tertiary/aromatic N) is 3. The number of hydrogen-bond acceptors (Lipinski definition) is 9. The first-order chi connectivity index (χ1) is 13.5. The third-order valence-corrected chi connectivity index (χ3v) is 3.73. The Morgan fingerprint density at radius 3 is 2.71 bits per heavy atom. The number of benzene rings is 2. The molecule has 0 spiro atoms. The van der Waals surface area contributed by atoms with Gasteiger partial charge >= 0.3 is 11.7 Å². The topological polar surface area (TPSA) is 127 Å². The molecule has 28 heavy (non-hydrogen) atoms. The van der Waals surface area contributed by atoms with Gasteiger partial charge in [-0.2, -0.15) is 4.98 Å². The van der Waals surface area contributed by atoms with E-state index in [1.807, 2.05) is 0 Å². The van der Waals surface area contributed by atoms with Gasteiger partial charge in [0.1, 0.15) is 5.75 Å². The SMILES string of the molecule is COc1cccc(-c2noc(COC(=O)c3ccc(OC)c([N+](=O)[O-])c3)n2)c1. The van der Waals surface area contributed by atoms with Crippen LogP contribution in [0.2, 0.25) is 0 Å². The van der Waals surface area contributed by atoms with Gasteiger partial charge in [0.25, 0.3) is 5.89 Å². The van der Waals surface area contributed by atoms with E-state index in [1.54, 1.807) is 31.4 Å². The smallest absolute Gasteiger partial charge is 0.338 e. The van der Waals surface area contributed by atoms with E-state index in [0.29, 0.717) is 17.1 Å². The molecule has 3 rings (SSSR count). The summed E-state index contributed by atoms with van der Waals surface area (Å²) < 4.78 is 20.2. The Labute approximate surface area is 158 Å². The van der Waals surface area contributed by atoms with Gasteiger partial charge in [0.15, 0.2) is 12.4 Å². The van der Waals surface area contributed by atoms with Crippen molar-refractivity contribution >= 4 is 11.7 Å². The summed E-state index contributed by atoms with van der Waals surface area (Å²) >= 11 is 0. The lowest BCUT2D eigenvalue weighted by molar-refractivity contribution is -0.385. The van der Waals surface area contributed by atoms with Crippen molar-refractivity contribution in [3.63, 3.8) is 0 Å². The van der Waals surface area contributed by atoms with Crippen LogP contribution in [0.25, 0.3) is 11.4 Å². The largest absolute Gasteiger partial charge is 0.497 e. The van der Waals surface area contributed by atoms with Crippen LogP contribution in [0.3, 0.4) is 0 Å². The Kier molecular flexibility index (Phi) is 5.49. The molecular weight excluding hydrogens is 370 g/mol. The summed E-state index contributed by atoms with van der Waals surface area (Å²) in [7, 11) is 2.85. The molecule has 0 aliphatic heterocycles. The molecule has 0 fully saturated rings. The summed E-state index contributed by atoms with van der Waals surface area (Å²) in [5.74, 6) is 0.295. The molecule has 0 saturated heterocycles. The number of nitro benzene ring substituents is 1. The fraction of sp³-hybridized carbons (Fsp3) is 0.167. The number of aromatic nitrogens is 2. The first-order valence-electron chi connectivity index (χ1n) is 7.98. The zero-order valence-corrected chi connectivity index (χ0v) is 14.9. The van der Waals surface area contributed by atoms with Crippen LogP contribution >= 0.6 is 0 Å². The molecule has 1 heterocycles. The molecule has 2 aromatic carbocycles. The van der Waals surface area contributed by atoms with E-state index in [4.69, 9.17) is 18.7 Å². The monoisotopic (exact) mass is 385 g/mol. The molecule has 1 aromatic heterocycles. The molecule has 0 aliphatic carbocycles. The van der Waals surface area contributed by atoms with Crippen molar-refractivity contribution in [3.05, 3.63) is 64.0 Å². The third-order valence-electron chi connectivity index (χ3n) is 3.73. The van der Waals surface area contributed by atoms with Gasteiger partial charge in [-0.05, 0) is 24.3 Å². The summed E-state index contributed by atoms with van der Waals surface area (Å²) in [5.41, 5.74) is 0.335. The molecule has 0 amide bonds. The van der Waals surface area contributed by atoms with Crippen LogP contribution in [0.4, 0.5) is 5.69 Å². The number of methoxy groups -OCH3 is 2. The Bertz CT molecular complexity index is 1020. The minimum absolute atomic E-state index is 0.0000320. The fourth-order valence-electron chi connectivity index (χ4n) is 2.36. The van der Waals surface area contributed by atoms with E-state index in [-0.39, 0.29) is 29.5 Å². The lowest BCUT2D eigenvalue weighted by Crippen LogP contribution is -2.06. The average molecular weight is 385 g/mol. The van der Waals surface area contributed by atoms with Gasteiger partial charge in [0.2, 0.25) is 5.82 Å². The van der Waals surface area contributed by atoms with Crippen molar-refractivity contribution < 1.29 is 28.5 Å². The van der Waals surface area contributed by atoms with Crippen molar-refractivity contribution in [1.82, 2.24) is 10.1 Å². The molecule has 0 atom stereocenters. The minimum Gasteiger partial charge on any atom is -0.497 e. The van der Waals surface area contributed by atoms with E-state index in [9.17, 15) is 14.9 Å². The first-order valence-corrected chi connectivity index (χ1v) is 7.98. The van der Waals surface area contributed by atoms with E-state index in [0.717, 1.165) is 6.07 Å². The maximum atomic E-state index is 12.2. The quantitative estimate of drug-likeness (QED) is 0.342. The molecule has 10 heteroatoms. The highest BCUT2D eigenvalue weighted by Gasteiger charge is 2.20. The molecule has 0 aliphatic rings. The highest BCUT2D eigenvalue weighted by molar-refractivity contribution is 5.90. The van der Waals surface area contributed by atoms with Crippen molar-refractivity contribution in [2.45, 2.75) is 6.61 Å². The summed E-state index contributed by atoms with van der Waals surface area (Å²) in [5, 5.41) is 14.9. The summed E-state index contributed by atoms with van der Waals surface area (Å²) in [6.45, 7) is -0.282. The molecular formula is C18H15N3O7. The molecule has 0 unspecified atom stereocenters.